The number of halogens is 1. The zero-order chi connectivity index (χ0) is 17.7. The number of hydrogen-bond donors (Lipinski definition) is 1. The topological polar surface area (TPSA) is 50.8 Å². The van der Waals surface area contributed by atoms with E-state index in [9.17, 15) is 9.18 Å². The molecule has 0 radical (unpaired) electrons. The van der Waals surface area contributed by atoms with E-state index in [1.54, 1.807) is 18.1 Å². The normalized spacial score (nSPS) is 19.9. The third kappa shape index (κ3) is 4.92. The Kier molecular flexibility index (Phi) is 6.18. The van der Waals surface area contributed by atoms with Crippen LogP contribution in [0.15, 0.2) is 24.3 Å². The third-order valence-electron chi connectivity index (χ3n) is 4.09. The lowest BCUT2D eigenvalue weighted by Gasteiger charge is -2.37. The summed E-state index contributed by atoms with van der Waals surface area (Å²) in [5.41, 5.74) is 0.513. The van der Waals surface area contributed by atoms with Crippen LogP contribution in [0.3, 0.4) is 0 Å². The van der Waals surface area contributed by atoms with Gasteiger partial charge in [0.1, 0.15) is 5.82 Å². The molecule has 1 N–H and O–H groups in total. The van der Waals surface area contributed by atoms with Gasteiger partial charge in [-0.2, -0.15) is 0 Å². The molecule has 24 heavy (non-hydrogen) atoms. The van der Waals surface area contributed by atoms with Crippen molar-refractivity contribution in [2.75, 3.05) is 33.4 Å². The van der Waals surface area contributed by atoms with E-state index in [0.717, 1.165) is 5.56 Å². The molecule has 1 aromatic rings. The number of urea groups is 1. The number of carbonyl (C=O) groups is 1. The van der Waals surface area contributed by atoms with E-state index in [-0.39, 0.29) is 29.4 Å². The van der Waals surface area contributed by atoms with Gasteiger partial charge in [0, 0.05) is 13.7 Å². The second-order valence-corrected chi connectivity index (χ2v) is 7.20. The summed E-state index contributed by atoms with van der Waals surface area (Å²) in [5.74, 6) is -0.303. The van der Waals surface area contributed by atoms with Gasteiger partial charge in [0.15, 0.2) is 0 Å². The van der Waals surface area contributed by atoms with Crippen molar-refractivity contribution in [1.82, 2.24) is 10.2 Å². The number of nitrogens with one attached hydrogen (secondary N) is 1. The highest BCUT2D eigenvalue weighted by Gasteiger charge is 2.31. The molecule has 2 atom stereocenters. The summed E-state index contributed by atoms with van der Waals surface area (Å²) in [4.78, 5) is 14.4. The van der Waals surface area contributed by atoms with Crippen LogP contribution in [0.25, 0.3) is 0 Å². The molecule has 0 aliphatic carbocycles. The zero-order valence-corrected chi connectivity index (χ0v) is 14.8. The highest BCUT2D eigenvalue weighted by molar-refractivity contribution is 5.75. The molecule has 6 heteroatoms. The highest BCUT2D eigenvalue weighted by Crippen LogP contribution is 2.33. The molecule has 134 valence electrons. The molecule has 1 saturated heterocycles. The molecule has 0 aromatic heterocycles. The number of hydrogen-bond acceptors (Lipinski definition) is 3. The lowest BCUT2D eigenvalue weighted by atomic mass is 9.82. The van der Waals surface area contributed by atoms with Crippen LogP contribution in [0, 0.1) is 11.2 Å². The number of morpholine rings is 1. The molecule has 0 spiro atoms. The zero-order valence-electron chi connectivity index (χ0n) is 14.8. The fourth-order valence-electron chi connectivity index (χ4n) is 2.89. The van der Waals surface area contributed by atoms with E-state index >= 15 is 0 Å². The Morgan fingerprint density at radius 3 is 2.88 bits per heavy atom. The number of ether oxygens (including phenoxy) is 2. The first-order valence-corrected chi connectivity index (χ1v) is 8.22. The highest BCUT2D eigenvalue weighted by atomic mass is 19.1. The minimum atomic E-state index is -0.303. The van der Waals surface area contributed by atoms with Gasteiger partial charge in [0.05, 0.1) is 31.9 Å². The Hall–Kier alpha value is -1.66. The van der Waals surface area contributed by atoms with Crippen LogP contribution in [0.2, 0.25) is 0 Å². The van der Waals surface area contributed by atoms with Gasteiger partial charge in [-0.05, 0) is 23.1 Å². The van der Waals surface area contributed by atoms with Crippen LogP contribution in [0.5, 0.6) is 0 Å². The van der Waals surface area contributed by atoms with Gasteiger partial charge in [-0.15, -0.1) is 0 Å². The van der Waals surface area contributed by atoms with Crippen molar-refractivity contribution in [2.45, 2.75) is 32.9 Å². The second kappa shape index (κ2) is 7.94. The Labute approximate surface area is 143 Å². The van der Waals surface area contributed by atoms with Gasteiger partial charge in [0.25, 0.3) is 0 Å². The lowest BCUT2D eigenvalue weighted by Crippen LogP contribution is -2.52. The fourth-order valence-corrected chi connectivity index (χ4v) is 2.89. The van der Waals surface area contributed by atoms with Gasteiger partial charge in [-0.1, -0.05) is 32.9 Å². The summed E-state index contributed by atoms with van der Waals surface area (Å²) < 4.78 is 24.3. The molecular formula is C18H27FN2O3. The van der Waals surface area contributed by atoms with Crippen LogP contribution < -0.4 is 5.32 Å². The molecule has 1 aromatic carbocycles. The third-order valence-corrected chi connectivity index (χ3v) is 4.09. The summed E-state index contributed by atoms with van der Waals surface area (Å²) in [6.07, 6.45) is -0.114. The first kappa shape index (κ1) is 18.7. The van der Waals surface area contributed by atoms with Crippen molar-refractivity contribution in [1.29, 1.82) is 0 Å². The van der Waals surface area contributed by atoms with E-state index in [1.165, 1.54) is 12.1 Å². The molecular weight excluding hydrogens is 311 g/mol. The van der Waals surface area contributed by atoms with E-state index in [2.05, 4.69) is 5.32 Å². The van der Waals surface area contributed by atoms with Crippen molar-refractivity contribution in [3.8, 4) is 0 Å². The number of amides is 2. The smallest absolute Gasteiger partial charge is 0.318 e. The molecule has 2 rings (SSSR count). The monoisotopic (exact) mass is 338 g/mol. The largest absolute Gasteiger partial charge is 0.382 e. The summed E-state index contributed by atoms with van der Waals surface area (Å²) in [6.45, 7) is 8.03. The first-order valence-electron chi connectivity index (χ1n) is 8.22. The maximum absolute atomic E-state index is 13.6. The van der Waals surface area contributed by atoms with Crippen molar-refractivity contribution in [2.24, 2.45) is 5.41 Å². The molecule has 1 fully saturated rings. The fraction of sp³-hybridized carbons (Fsp3) is 0.611. The molecule has 0 saturated carbocycles. The minimum Gasteiger partial charge on any atom is -0.382 e. The first-order chi connectivity index (χ1) is 11.3. The van der Waals surface area contributed by atoms with E-state index in [1.807, 2.05) is 26.8 Å². The lowest BCUT2D eigenvalue weighted by molar-refractivity contribution is -0.0499. The van der Waals surface area contributed by atoms with E-state index in [0.29, 0.717) is 26.3 Å². The molecule has 1 aliphatic rings. The van der Waals surface area contributed by atoms with Crippen molar-refractivity contribution < 1.29 is 18.7 Å². The van der Waals surface area contributed by atoms with Crippen LogP contribution in [-0.4, -0.2) is 50.4 Å². The average Bonchev–Trinajstić information content (AvgIpc) is 2.52. The maximum atomic E-state index is 13.6. The number of carbonyl (C=O) groups excluding carboxylic acids is 1. The van der Waals surface area contributed by atoms with Gasteiger partial charge < -0.3 is 19.7 Å². The molecule has 2 amide bonds. The molecule has 5 nitrogen and oxygen atoms in total. The molecule has 1 aliphatic heterocycles. The molecule has 0 unspecified atom stereocenters. The number of benzene rings is 1. The van der Waals surface area contributed by atoms with Crippen LogP contribution >= 0.6 is 0 Å². The van der Waals surface area contributed by atoms with Crippen LogP contribution in [0.1, 0.15) is 32.4 Å². The second-order valence-electron chi connectivity index (χ2n) is 7.20. The van der Waals surface area contributed by atoms with Crippen molar-refractivity contribution >= 4 is 6.03 Å². The Morgan fingerprint density at radius 1 is 1.50 bits per heavy atom. The summed E-state index contributed by atoms with van der Waals surface area (Å²) in [6, 6.07) is 5.93. The number of methoxy groups -OCH3 is 1. The van der Waals surface area contributed by atoms with Gasteiger partial charge in [0.2, 0.25) is 0 Å². The number of nitrogens with zero attached hydrogens (tertiary/aromatic N) is 1. The molecule has 1 heterocycles. The predicted molar refractivity (Wildman–Crippen MR) is 90.3 cm³/mol. The Morgan fingerprint density at radius 2 is 2.25 bits per heavy atom. The Bertz CT molecular complexity index is 557. The van der Waals surface area contributed by atoms with Crippen molar-refractivity contribution in [3.63, 3.8) is 0 Å². The predicted octanol–water partition coefficient (Wildman–Crippen LogP) is 2.97. The maximum Gasteiger partial charge on any atom is 0.318 e. The van der Waals surface area contributed by atoms with Crippen LogP contribution in [0.4, 0.5) is 9.18 Å². The number of rotatable bonds is 4. The molecule has 0 bridgehead atoms. The quantitative estimate of drug-likeness (QED) is 0.918. The van der Waals surface area contributed by atoms with Crippen LogP contribution in [-0.2, 0) is 9.47 Å². The summed E-state index contributed by atoms with van der Waals surface area (Å²) in [7, 11) is 1.61. The van der Waals surface area contributed by atoms with Gasteiger partial charge in [-0.3, -0.25) is 0 Å². The SMILES string of the molecule is COC[C@H]1CN(C(=O)N[C@@H](c2cccc(F)c2)C(C)(C)C)CCO1. The average molecular weight is 338 g/mol. The Balaban J connectivity index is 2.10. The van der Waals surface area contributed by atoms with Gasteiger partial charge in [-0.25, -0.2) is 9.18 Å². The van der Waals surface area contributed by atoms with Gasteiger partial charge >= 0.3 is 6.03 Å². The summed E-state index contributed by atoms with van der Waals surface area (Å²) >= 11 is 0. The van der Waals surface area contributed by atoms with E-state index in [4.69, 9.17) is 9.47 Å². The standard InChI is InChI=1S/C18H27FN2O3/c1-18(2,3)16(13-6-5-7-14(19)10-13)20-17(22)21-8-9-24-15(11-21)12-23-4/h5-7,10,15-16H,8-9,11-12H2,1-4H3,(H,20,22)/t15-,16+/m1/s1. The minimum absolute atomic E-state index is 0.114. The summed E-state index contributed by atoms with van der Waals surface area (Å²) in [5, 5.41) is 3.06. The van der Waals surface area contributed by atoms with E-state index < -0.39 is 0 Å². The van der Waals surface area contributed by atoms with Crippen molar-refractivity contribution in [3.05, 3.63) is 35.6 Å².